The van der Waals surface area contributed by atoms with E-state index in [-0.39, 0.29) is 0 Å². The molecule has 2 aromatic rings. The Bertz CT molecular complexity index is 851. The molecule has 0 aliphatic carbocycles. The Kier molecular flexibility index (Phi) is 5.65. The van der Waals surface area contributed by atoms with Crippen LogP contribution in [0.15, 0.2) is 18.3 Å². The minimum Gasteiger partial charge on any atom is -0.496 e. The minimum atomic E-state index is 0.320. The second-order valence-electron chi connectivity index (χ2n) is 8.35. The summed E-state index contributed by atoms with van der Waals surface area (Å²) in [5.74, 6) is 1.99. The van der Waals surface area contributed by atoms with Gasteiger partial charge in [-0.25, -0.2) is 9.97 Å². The molecule has 5 heteroatoms. The summed E-state index contributed by atoms with van der Waals surface area (Å²) in [6, 6.07) is 4.64. The Morgan fingerprint density at radius 3 is 2.82 bits per heavy atom. The molecule has 1 unspecified atom stereocenters. The van der Waals surface area contributed by atoms with Crippen molar-refractivity contribution in [1.82, 2.24) is 19.8 Å². The quantitative estimate of drug-likeness (QED) is 0.807. The summed E-state index contributed by atoms with van der Waals surface area (Å²) in [5, 5.41) is 0. The van der Waals surface area contributed by atoms with Gasteiger partial charge in [0.05, 0.1) is 13.2 Å². The number of methoxy groups -OCH3 is 1. The maximum Gasteiger partial charge on any atom is 0.145 e. The fourth-order valence-electron chi connectivity index (χ4n) is 4.57. The highest BCUT2D eigenvalue weighted by Gasteiger charge is 2.28. The third kappa shape index (κ3) is 3.78. The lowest BCUT2D eigenvalue weighted by molar-refractivity contribution is 0.133. The lowest BCUT2D eigenvalue weighted by Crippen LogP contribution is -2.35. The number of likely N-dealkylation sites (tertiary alicyclic amines) is 1. The molecular weight excluding hydrogens is 348 g/mol. The highest BCUT2D eigenvalue weighted by molar-refractivity contribution is 5.43. The standard InChI is InChI=1S/C23H32N4O/c1-16-17(2)22(28-4)9-8-18(16)15-27-11-6-5-7-21(27)23-24-13-19-14-26(3)12-10-20(19)25-23/h8-9,13,21H,5-7,10-12,14-15H2,1-4H3. The number of fused-ring (bicyclic) bond motifs is 1. The van der Waals surface area contributed by atoms with E-state index in [9.17, 15) is 0 Å². The first-order valence-electron chi connectivity index (χ1n) is 10.5. The molecule has 2 aliphatic rings. The minimum absolute atomic E-state index is 0.320. The summed E-state index contributed by atoms with van der Waals surface area (Å²) in [4.78, 5) is 14.8. The van der Waals surface area contributed by atoms with E-state index < -0.39 is 0 Å². The molecular formula is C23H32N4O. The Balaban J connectivity index is 1.58. The molecule has 28 heavy (non-hydrogen) atoms. The smallest absolute Gasteiger partial charge is 0.145 e. The van der Waals surface area contributed by atoms with E-state index in [2.05, 4.69) is 49.0 Å². The highest BCUT2D eigenvalue weighted by atomic mass is 16.5. The van der Waals surface area contributed by atoms with Crippen LogP contribution in [0.2, 0.25) is 0 Å². The van der Waals surface area contributed by atoms with Gasteiger partial charge >= 0.3 is 0 Å². The van der Waals surface area contributed by atoms with Crippen LogP contribution in [0.5, 0.6) is 5.75 Å². The number of ether oxygens (including phenoxy) is 1. The van der Waals surface area contributed by atoms with Gasteiger partial charge in [-0.3, -0.25) is 4.90 Å². The zero-order valence-electron chi connectivity index (χ0n) is 17.7. The van der Waals surface area contributed by atoms with Crippen molar-refractivity contribution in [3.8, 4) is 5.75 Å². The number of benzene rings is 1. The van der Waals surface area contributed by atoms with Gasteiger partial charge in [0.2, 0.25) is 0 Å². The average molecular weight is 381 g/mol. The van der Waals surface area contributed by atoms with Crippen LogP contribution in [0.1, 0.15) is 59.1 Å². The van der Waals surface area contributed by atoms with Crippen LogP contribution in [-0.4, -0.2) is 47.0 Å². The molecule has 0 saturated carbocycles. The molecule has 0 bridgehead atoms. The van der Waals surface area contributed by atoms with Crippen molar-refractivity contribution in [2.45, 2.75) is 58.7 Å². The largest absolute Gasteiger partial charge is 0.496 e. The average Bonchev–Trinajstić information content (AvgIpc) is 2.71. The third-order valence-corrected chi connectivity index (χ3v) is 6.50. The van der Waals surface area contributed by atoms with Gasteiger partial charge in [0, 0.05) is 43.5 Å². The molecule has 0 spiro atoms. The van der Waals surface area contributed by atoms with Gasteiger partial charge in [-0.1, -0.05) is 12.5 Å². The van der Waals surface area contributed by atoms with Crippen LogP contribution in [-0.2, 0) is 19.5 Å². The summed E-state index contributed by atoms with van der Waals surface area (Å²) in [5.41, 5.74) is 6.50. The summed E-state index contributed by atoms with van der Waals surface area (Å²) in [7, 11) is 3.91. The first kappa shape index (κ1) is 19.3. The summed E-state index contributed by atoms with van der Waals surface area (Å²) in [6.45, 7) is 8.46. The second kappa shape index (κ2) is 8.18. The predicted octanol–water partition coefficient (Wildman–Crippen LogP) is 3.82. The molecule has 150 valence electrons. The number of piperidine rings is 1. The number of hydrogen-bond acceptors (Lipinski definition) is 5. The molecule has 3 heterocycles. The number of nitrogens with zero attached hydrogens (tertiary/aromatic N) is 4. The number of aromatic nitrogens is 2. The van der Waals surface area contributed by atoms with Gasteiger partial charge in [0.15, 0.2) is 0 Å². The molecule has 1 atom stereocenters. The zero-order valence-corrected chi connectivity index (χ0v) is 17.7. The second-order valence-corrected chi connectivity index (χ2v) is 8.35. The van der Waals surface area contributed by atoms with Crippen LogP contribution in [0.25, 0.3) is 0 Å². The molecule has 0 radical (unpaired) electrons. The lowest BCUT2D eigenvalue weighted by Gasteiger charge is -2.36. The fraction of sp³-hybridized carbons (Fsp3) is 0.565. The lowest BCUT2D eigenvalue weighted by atomic mass is 9.97. The van der Waals surface area contributed by atoms with Crippen molar-refractivity contribution in [2.75, 3.05) is 27.2 Å². The molecule has 1 saturated heterocycles. The van der Waals surface area contributed by atoms with Crippen molar-refractivity contribution in [3.63, 3.8) is 0 Å². The van der Waals surface area contributed by atoms with Gasteiger partial charge in [0.25, 0.3) is 0 Å². The molecule has 2 aliphatic heterocycles. The van der Waals surface area contributed by atoms with E-state index in [1.54, 1.807) is 7.11 Å². The van der Waals surface area contributed by atoms with Crippen LogP contribution in [0, 0.1) is 13.8 Å². The van der Waals surface area contributed by atoms with Crippen LogP contribution in [0.3, 0.4) is 0 Å². The molecule has 0 N–H and O–H groups in total. The van der Waals surface area contributed by atoms with E-state index in [1.807, 2.05) is 0 Å². The van der Waals surface area contributed by atoms with Gasteiger partial charge in [0.1, 0.15) is 11.6 Å². The monoisotopic (exact) mass is 380 g/mol. The summed E-state index contributed by atoms with van der Waals surface area (Å²) < 4.78 is 5.48. The Morgan fingerprint density at radius 1 is 1.14 bits per heavy atom. The first-order valence-corrected chi connectivity index (χ1v) is 10.5. The van der Waals surface area contributed by atoms with Crippen molar-refractivity contribution in [3.05, 3.63) is 52.1 Å². The molecule has 4 rings (SSSR count). The van der Waals surface area contributed by atoms with Crippen molar-refractivity contribution in [1.29, 1.82) is 0 Å². The van der Waals surface area contributed by atoms with E-state index in [0.29, 0.717) is 6.04 Å². The van der Waals surface area contributed by atoms with E-state index in [4.69, 9.17) is 14.7 Å². The Morgan fingerprint density at radius 2 is 2.00 bits per heavy atom. The maximum atomic E-state index is 5.48. The fourth-order valence-corrected chi connectivity index (χ4v) is 4.57. The number of likely N-dealkylation sites (N-methyl/N-ethyl adjacent to an activating group) is 1. The van der Waals surface area contributed by atoms with E-state index in [1.165, 1.54) is 40.8 Å². The third-order valence-electron chi connectivity index (χ3n) is 6.50. The van der Waals surface area contributed by atoms with Gasteiger partial charge < -0.3 is 9.64 Å². The normalized spacial score (nSPS) is 20.8. The van der Waals surface area contributed by atoms with Crippen molar-refractivity contribution in [2.24, 2.45) is 0 Å². The van der Waals surface area contributed by atoms with Crippen molar-refractivity contribution < 1.29 is 4.74 Å². The van der Waals surface area contributed by atoms with Crippen LogP contribution < -0.4 is 4.74 Å². The highest BCUT2D eigenvalue weighted by Crippen LogP contribution is 2.33. The first-order chi connectivity index (χ1) is 13.6. The summed E-state index contributed by atoms with van der Waals surface area (Å²) in [6.07, 6.45) is 6.76. The SMILES string of the molecule is COc1ccc(CN2CCCCC2c2ncc3c(n2)CCN(C)C3)c(C)c1C. The van der Waals surface area contributed by atoms with Crippen LogP contribution in [0.4, 0.5) is 0 Å². The van der Waals surface area contributed by atoms with Crippen molar-refractivity contribution >= 4 is 0 Å². The Labute approximate surface area is 168 Å². The summed E-state index contributed by atoms with van der Waals surface area (Å²) >= 11 is 0. The van der Waals surface area contributed by atoms with Gasteiger partial charge in [-0.15, -0.1) is 0 Å². The molecule has 1 aromatic carbocycles. The van der Waals surface area contributed by atoms with Crippen LogP contribution >= 0.6 is 0 Å². The number of hydrogen-bond donors (Lipinski definition) is 0. The molecule has 0 amide bonds. The van der Waals surface area contributed by atoms with Gasteiger partial charge in [-0.05, 0) is 63.0 Å². The number of rotatable bonds is 4. The van der Waals surface area contributed by atoms with E-state index in [0.717, 1.165) is 50.6 Å². The zero-order chi connectivity index (χ0) is 19.7. The van der Waals surface area contributed by atoms with E-state index >= 15 is 0 Å². The molecule has 1 fully saturated rings. The topological polar surface area (TPSA) is 41.5 Å². The maximum absolute atomic E-state index is 5.48. The predicted molar refractivity (Wildman–Crippen MR) is 112 cm³/mol. The van der Waals surface area contributed by atoms with Gasteiger partial charge in [-0.2, -0.15) is 0 Å². The molecule has 5 nitrogen and oxygen atoms in total. The molecule has 1 aromatic heterocycles. The Hall–Kier alpha value is -1.98.